The van der Waals surface area contributed by atoms with Gasteiger partial charge in [-0.25, -0.2) is 9.97 Å². The van der Waals surface area contributed by atoms with Crippen LogP contribution in [0.2, 0.25) is 0 Å². The van der Waals surface area contributed by atoms with E-state index >= 15 is 0 Å². The van der Waals surface area contributed by atoms with E-state index in [9.17, 15) is 4.79 Å². The number of carbonyl (C=O) groups excluding carboxylic acids is 1. The van der Waals surface area contributed by atoms with Crippen molar-refractivity contribution in [2.24, 2.45) is 0 Å². The Morgan fingerprint density at radius 1 is 1.16 bits per heavy atom. The van der Waals surface area contributed by atoms with Crippen molar-refractivity contribution in [2.45, 2.75) is 50.1 Å². The van der Waals surface area contributed by atoms with E-state index in [1.54, 1.807) is 0 Å². The second-order valence-electron chi connectivity index (χ2n) is 7.26. The first-order valence-corrected chi connectivity index (χ1v) is 9.14. The SMILES string of the molecule is O=C(COc1ccccc1)N1[C@H]2CC[C@@H]1c1cnc(C3CC3)nc1C2. The average molecular weight is 335 g/mol. The zero-order valence-electron chi connectivity index (χ0n) is 14.1. The molecule has 1 amide bonds. The Kier molecular flexibility index (Phi) is 3.47. The lowest BCUT2D eigenvalue weighted by atomic mass is 9.99. The van der Waals surface area contributed by atoms with Gasteiger partial charge in [0, 0.05) is 30.1 Å². The first-order chi connectivity index (χ1) is 12.3. The second kappa shape index (κ2) is 5.83. The van der Waals surface area contributed by atoms with E-state index in [-0.39, 0.29) is 24.6 Å². The molecule has 0 unspecified atom stereocenters. The Morgan fingerprint density at radius 3 is 2.80 bits per heavy atom. The highest BCUT2D eigenvalue weighted by atomic mass is 16.5. The van der Waals surface area contributed by atoms with Crippen LogP contribution in [0.25, 0.3) is 0 Å². The molecule has 2 atom stereocenters. The van der Waals surface area contributed by atoms with Crippen molar-refractivity contribution in [3.63, 3.8) is 0 Å². The Bertz CT molecular complexity index is 804. The van der Waals surface area contributed by atoms with Crippen molar-refractivity contribution in [2.75, 3.05) is 6.61 Å². The summed E-state index contributed by atoms with van der Waals surface area (Å²) in [6, 6.07) is 9.89. The molecule has 0 radical (unpaired) electrons. The fraction of sp³-hybridized carbons (Fsp3) is 0.450. The molecule has 3 heterocycles. The number of aromatic nitrogens is 2. The molecule has 0 N–H and O–H groups in total. The molecule has 3 aliphatic rings. The third kappa shape index (κ3) is 2.68. The summed E-state index contributed by atoms with van der Waals surface area (Å²) < 4.78 is 5.67. The third-order valence-corrected chi connectivity index (χ3v) is 5.55. The normalized spacial score (nSPS) is 24.1. The van der Waals surface area contributed by atoms with Gasteiger partial charge in [-0.2, -0.15) is 0 Å². The van der Waals surface area contributed by atoms with Gasteiger partial charge in [0.2, 0.25) is 0 Å². The number of para-hydroxylation sites is 1. The summed E-state index contributed by atoms with van der Waals surface area (Å²) in [6.45, 7) is 0.0906. The molecule has 2 aliphatic heterocycles. The highest BCUT2D eigenvalue weighted by Crippen LogP contribution is 2.44. The van der Waals surface area contributed by atoms with E-state index in [0.29, 0.717) is 5.92 Å². The first-order valence-electron chi connectivity index (χ1n) is 9.14. The van der Waals surface area contributed by atoms with E-state index < -0.39 is 0 Å². The lowest BCUT2D eigenvalue weighted by Gasteiger charge is -2.35. The minimum Gasteiger partial charge on any atom is -0.484 e. The summed E-state index contributed by atoms with van der Waals surface area (Å²) in [7, 11) is 0. The molecular formula is C20H21N3O2. The monoisotopic (exact) mass is 335 g/mol. The predicted molar refractivity (Wildman–Crippen MR) is 92.3 cm³/mol. The van der Waals surface area contributed by atoms with Crippen molar-refractivity contribution < 1.29 is 9.53 Å². The van der Waals surface area contributed by atoms with E-state index in [2.05, 4.69) is 4.98 Å². The molecule has 5 nitrogen and oxygen atoms in total. The van der Waals surface area contributed by atoms with Gasteiger partial charge in [0.15, 0.2) is 6.61 Å². The van der Waals surface area contributed by atoms with Gasteiger partial charge in [-0.1, -0.05) is 18.2 Å². The molecule has 5 rings (SSSR count). The van der Waals surface area contributed by atoms with E-state index in [0.717, 1.165) is 42.1 Å². The summed E-state index contributed by atoms with van der Waals surface area (Å²) in [6.07, 6.45) is 7.30. The third-order valence-electron chi connectivity index (χ3n) is 5.55. The summed E-state index contributed by atoms with van der Waals surface area (Å²) in [5, 5.41) is 0. The van der Waals surface area contributed by atoms with Crippen LogP contribution in [0.1, 0.15) is 54.7 Å². The predicted octanol–water partition coefficient (Wildman–Crippen LogP) is 3.02. The van der Waals surface area contributed by atoms with Crippen LogP contribution in [-0.4, -0.2) is 33.4 Å². The average Bonchev–Trinajstić information content (AvgIpc) is 3.44. The van der Waals surface area contributed by atoms with E-state index in [4.69, 9.17) is 9.72 Å². The smallest absolute Gasteiger partial charge is 0.261 e. The molecular weight excluding hydrogens is 314 g/mol. The maximum Gasteiger partial charge on any atom is 0.261 e. The Morgan fingerprint density at radius 2 is 2.00 bits per heavy atom. The fourth-order valence-corrected chi connectivity index (χ4v) is 4.15. The van der Waals surface area contributed by atoms with Crippen LogP contribution in [0.3, 0.4) is 0 Å². The lowest BCUT2D eigenvalue weighted by molar-refractivity contribution is -0.137. The van der Waals surface area contributed by atoms with E-state index in [1.165, 1.54) is 12.8 Å². The van der Waals surface area contributed by atoms with Crippen molar-refractivity contribution in [1.82, 2.24) is 14.9 Å². The van der Waals surface area contributed by atoms with Gasteiger partial charge >= 0.3 is 0 Å². The fourth-order valence-electron chi connectivity index (χ4n) is 4.15. The molecule has 128 valence electrons. The minimum absolute atomic E-state index is 0.0632. The zero-order valence-corrected chi connectivity index (χ0v) is 14.1. The molecule has 0 spiro atoms. The van der Waals surface area contributed by atoms with Gasteiger partial charge < -0.3 is 9.64 Å². The van der Waals surface area contributed by atoms with Crippen LogP contribution >= 0.6 is 0 Å². The van der Waals surface area contributed by atoms with Crippen LogP contribution < -0.4 is 4.74 Å². The molecule has 2 bridgehead atoms. The molecule has 2 aromatic rings. The number of amides is 1. The van der Waals surface area contributed by atoms with Crippen molar-refractivity contribution in [1.29, 1.82) is 0 Å². The first kappa shape index (κ1) is 14.9. The van der Waals surface area contributed by atoms with Gasteiger partial charge in [-0.3, -0.25) is 4.79 Å². The van der Waals surface area contributed by atoms with Gasteiger partial charge in [0.1, 0.15) is 11.6 Å². The number of carbonyl (C=O) groups is 1. The van der Waals surface area contributed by atoms with Crippen LogP contribution in [0.15, 0.2) is 36.5 Å². The highest BCUT2D eigenvalue weighted by Gasteiger charge is 2.43. The van der Waals surface area contributed by atoms with Crippen molar-refractivity contribution in [3.8, 4) is 5.75 Å². The number of ether oxygens (including phenoxy) is 1. The quantitative estimate of drug-likeness (QED) is 0.862. The highest BCUT2D eigenvalue weighted by molar-refractivity contribution is 5.79. The van der Waals surface area contributed by atoms with Gasteiger partial charge in [0.25, 0.3) is 5.91 Å². The molecule has 2 fully saturated rings. The standard InChI is InChI=1S/C20H21N3O2/c24-19(12-25-15-4-2-1-3-5-15)23-14-8-9-18(23)16-11-21-20(13-6-7-13)22-17(16)10-14/h1-5,11,13-14,18H,6-10,12H2/t14-,18+/m0/s1. The summed E-state index contributed by atoms with van der Waals surface area (Å²) in [5.74, 6) is 2.37. The molecule has 1 aromatic carbocycles. The second-order valence-corrected chi connectivity index (χ2v) is 7.26. The number of benzene rings is 1. The lowest BCUT2D eigenvalue weighted by Crippen LogP contribution is -2.44. The largest absolute Gasteiger partial charge is 0.484 e. The Labute approximate surface area is 147 Å². The number of fused-ring (bicyclic) bond motifs is 4. The number of hydrogen-bond donors (Lipinski definition) is 0. The summed E-state index contributed by atoms with van der Waals surface area (Å²) in [5.41, 5.74) is 2.31. The van der Waals surface area contributed by atoms with Crippen LogP contribution in [0.5, 0.6) is 5.75 Å². The molecule has 1 aliphatic carbocycles. The Balaban J connectivity index is 1.34. The van der Waals surface area contributed by atoms with E-state index in [1.807, 2.05) is 41.4 Å². The molecule has 1 aromatic heterocycles. The zero-order chi connectivity index (χ0) is 16.8. The molecule has 1 saturated carbocycles. The van der Waals surface area contributed by atoms with Gasteiger partial charge in [-0.05, 0) is 37.8 Å². The molecule has 5 heteroatoms. The van der Waals surface area contributed by atoms with Gasteiger partial charge in [-0.15, -0.1) is 0 Å². The van der Waals surface area contributed by atoms with Crippen molar-refractivity contribution >= 4 is 5.91 Å². The molecule has 25 heavy (non-hydrogen) atoms. The number of hydrogen-bond acceptors (Lipinski definition) is 4. The maximum atomic E-state index is 12.8. The topological polar surface area (TPSA) is 55.3 Å². The summed E-state index contributed by atoms with van der Waals surface area (Å²) >= 11 is 0. The number of rotatable bonds is 4. The molecule has 1 saturated heterocycles. The minimum atomic E-state index is 0.0632. The number of nitrogens with zero attached hydrogens (tertiary/aromatic N) is 3. The van der Waals surface area contributed by atoms with Crippen LogP contribution in [0.4, 0.5) is 0 Å². The van der Waals surface area contributed by atoms with Crippen molar-refractivity contribution in [3.05, 3.63) is 53.6 Å². The van der Waals surface area contributed by atoms with Gasteiger partial charge in [0.05, 0.1) is 11.7 Å². The summed E-state index contributed by atoms with van der Waals surface area (Å²) in [4.78, 5) is 24.2. The van der Waals surface area contributed by atoms with Crippen LogP contribution in [0, 0.1) is 0 Å². The maximum absolute atomic E-state index is 12.8. The van der Waals surface area contributed by atoms with Crippen LogP contribution in [-0.2, 0) is 11.2 Å². The Hall–Kier alpha value is -2.43.